The maximum absolute atomic E-state index is 10.9. The molecule has 2 unspecified atom stereocenters. The van der Waals surface area contributed by atoms with Crippen molar-refractivity contribution in [1.82, 2.24) is 0 Å². The zero-order valence-corrected chi connectivity index (χ0v) is 9.30. The van der Waals surface area contributed by atoms with E-state index in [-0.39, 0.29) is 6.04 Å². The second-order valence-electron chi connectivity index (χ2n) is 4.00. The third-order valence-electron chi connectivity index (χ3n) is 1.95. The maximum Gasteiger partial charge on any atom is 0.160 e. The van der Waals surface area contributed by atoms with Crippen molar-refractivity contribution in [3.05, 3.63) is 0 Å². The van der Waals surface area contributed by atoms with Crippen LogP contribution in [0.2, 0.25) is 0 Å². The fourth-order valence-corrected chi connectivity index (χ4v) is 1.77. The van der Waals surface area contributed by atoms with Gasteiger partial charge in [-0.05, 0) is 25.7 Å². The van der Waals surface area contributed by atoms with Crippen LogP contribution in [0, 0.1) is 10.7 Å². The Balaban J connectivity index is 4.00. The summed E-state index contributed by atoms with van der Waals surface area (Å²) in [6, 6.07) is -0.0756. The van der Waals surface area contributed by atoms with Crippen LogP contribution in [0.5, 0.6) is 0 Å². The maximum atomic E-state index is 10.9. The van der Waals surface area contributed by atoms with Crippen LogP contribution in [0.4, 0.5) is 0 Å². The molecule has 80 valence electrons. The topological polar surface area (TPSA) is 87.2 Å². The molecular formula is C8H20N2O2S. The third-order valence-corrected chi connectivity index (χ3v) is 3.24. The van der Waals surface area contributed by atoms with Crippen LogP contribution in [-0.2, 0) is 10.0 Å². The highest BCUT2D eigenvalue weighted by molar-refractivity contribution is 7.87. The second kappa shape index (κ2) is 4.93. The van der Waals surface area contributed by atoms with E-state index in [9.17, 15) is 4.21 Å². The highest BCUT2D eigenvalue weighted by atomic mass is 32.2. The SMILES string of the molecule is CC(C)C[C@H](N)CC(C)S(=N)(=O)O. The molecular weight excluding hydrogens is 188 g/mol. The van der Waals surface area contributed by atoms with E-state index >= 15 is 0 Å². The van der Waals surface area contributed by atoms with E-state index in [1.165, 1.54) is 0 Å². The average molecular weight is 208 g/mol. The first-order valence-electron chi connectivity index (χ1n) is 4.49. The lowest BCUT2D eigenvalue weighted by Gasteiger charge is -2.17. The lowest BCUT2D eigenvalue weighted by molar-refractivity contribution is 0.457. The van der Waals surface area contributed by atoms with E-state index in [0.29, 0.717) is 12.3 Å². The summed E-state index contributed by atoms with van der Waals surface area (Å²) in [7, 11) is -3.41. The largest absolute Gasteiger partial charge is 0.328 e. The Morgan fingerprint density at radius 1 is 1.38 bits per heavy atom. The van der Waals surface area contributed by atoms with Crippen molar-refractivity contribution in [3.8, 4) is 0 Å². The fraction of sp³-hybridized carbons (Fsp3) is 1.00. The highest BCUT2D eigenvalue weighted by Gasteiger charge is 2.17. The van der Waals surface area contributed by atoms with Gasteiger partial charge in [-0.1, -0.05) is 13.8 Å². The van der Waals surface area contributed by atoms with Gasteiger partial charge in [-0.15, -0.1) is 0 Å². The normalized spacial score (nSPS) is 21.1. The van der Waals surface area contributed by atoms with Crippen LogP contribution in [0.3, 0.4) is 0 Å². The molecule has 0 saturated carbocycles. The number of nitrogens with two attached hydrogens (primary N) is 1. The first-order chi connectivity index (χ1) is 5.73. The van der Waals surface area contributed by atoms with Gasteiger partial charge in [0.15, 0.2) is 10.0 Å². The van der Waals surface area contributed by atoms with E-state index in [0.717, 1.165) is 6.42 Å². The molecule has 5 heteroatoms. The third kappa shape index (κ3) is 6.01. The monoisotopic (exact) mass is 208 g/mol. The Bertz CT molecular complexity index is 237. The van der Waals surface area contributed by atoms with Gasteiger partial charge in [0.05, 0.1) is 5.25 Å². The molecule has 0 amide bonds. The smallest absolute Gasteiger partial charge is 0.160 e. The van der Waals surface area contributed by atoms with Crippen LogP contribution >= 0.6 is 0 Å². The molecule has 0 aliphatic carbocycles. The van der Waals surface area contributed by atoms with Gasteiger partial charge < -0.3 is 10.3 Å². The quantitative estimate of drug-likeness (QED) is 0.642. The molecule has 0 saturated heterocycles. The van der Waals surface area contributed by atoms with Crippen molar-refractivity contribution in [2.24, 2.45) is 11.7 Å². The summed E-state index contributed by atoms with van der Waals surface area (Å²) < 4.78 is 26.7. The molecule has 0 heterocycles. The van der Waals surface area contributed by atoms with Crippen molar-refractivity contribution < 1.29 is 8.76 Å². The Labute approximate surface area is 80.7 Å². The second-order valence-corrected chi connectivity index (χ2v) is 5.95. The summed E-state index contributed by atoms with van der Waals surface area (Å²) in [5.74, 6) is 0.489. The zero-order chi connectivity index (χ0) is 10.6. The van der Waals surface area contributed by atoms with E-state index < -0.39 is 15.3 Å². The summed E-state index contributed by atoms with van der Waals surface area (Å²) in [5, 5.41) is -0.541. The molecule has 3 atom stereocenters. The van der Waals surface area contributed by atoms with Gasteiger partial charge in [0.2, 0.25) is 0 Å². The first kappa shape index (κ1) is 12.9. The molecule has 4 nitrogen and oxygen atoms in total. The summed E-state index contributed by atoms with van der Waals surface area (Å²) in [5.41, 5.74) is 5.75. The number of nitrogens with one attached hydrogen (secondary N) is 1. The molecule has 4 N–H and O–H groups in total. The van der Waals surface area contributed by atoms with E-state index in [4.69, 9.17) is 15.1 Å². The molecule has 13 heavy (non-hydrogen) atoms. The van der Waals surface area contributed by atoms with E-state index in [1.54, 1.807) is 6.92 Å². The van der Waals surface area contributed by atoms with Crippen LogP contribution < -0.4 is 5.73 Å². The minimum Gasteiger partial charge on any atom is -0.328 e. The van der Waals surface area contributed by atoms with Crippen molar-refractivity contribution in [2.75, 3.05) is 0 Å². The summed E-state index contributed by atoms with van der Waals surface area (Å²) in [6.07, 6.45) is 1.27. The molecule has 0 aliphatic heterocycles. The summed E-state index contributed by atoms with van der Waals surface area (Å²) >= 11 is 0. The fourth-order valence-electron chi connectivity index (χ4n) is 1.26. The van der Waals surface area contributed by atoms with Crippen LogP contribution in [0.1, 0.15) is 33.6 Å². The molecule has 0 bridgehead atoms. The molecule has 0 aromatic rings. The Kier molecular flexibility index (Phi) is 4.88. The number of hydrogen-bond donors (Lipinski definition) is 3. The standard InChI is InChI=1S/C8H20N2O2S/c1-6(2)4-8(9)5-7(3)13(10,11)12/h6-8H,4-5,9H2,1-3H3,(H2,10,11,12)/t7?,8-/m0/s1. The molecule has 0 aromatic carbocycles. The molecule has 0 aliphatic rings. The molecule has 0 radical (unpaired) electrons. The Morgan fingerprint density at radius 2 is 1.85 bits per heavy atom. The van der Waals surface area contributed by atoms with Crippen molar-refractivity contribution in [2.45, 2.75) is 44.9 Å². The molecule has 0 rings (SSSR count). The first-order valence-corrected chi connectivity index (χ1v) is 6.07. The Hall–Kier alpha value is -0.130. The van der Waals surface area contributed by atoms with Crippen molar-refractivity contribution in [3.63, 3.8) is 0 Å². The van der Waals surface area contributed by atoms with Crippen LogP contribution in [-0.4, -0.2) is 20.1 Å². The minimum absolute atomic E-state index is 0.0756. The number of hydrogen-bond acceptors (Lipinski definition) is 3. The molecule has 0 spiro atoms. The van der Waals surface area contributed by atoms with Crippen LogP contribution in [0.15, 0.2) is 0 Å². The van der Waals surface area contributed by atoms with Gasteiger partial charge >= 0.3 is 0 Å². The summed E-state index contributed by atoms with van der Waals surface area (Å²) in [6.45, 7) is 5.71. The Morgan fingerprint density at radius 3 is 2.15 bits per heavy atom. The van der Waals surface area contributed by atoms with Crippen LogP contribution in [0.25, 0.3) is 0 Å². The lowest BCUT2D eigenvalue weighted by Crippen LogP contribution is -2.29. The van der Waals surface area contributed by atoms with Gasteiger partial charge in [0, 0.05) is 6.04 Å². The van der Waals surface area contributed by atoms with Gasteiger partial charge in [-0.2, -0.15) is 0 Å². The predicted octanol–water partition coefficient (Wildman–Crippen LogP) is 1.66. The average Bonchev–Trinajstić information content (AvgIpc) is 1.82. The minimum atomic E-state index is -3.41. The van der Waals surface area contributed by atoms with Gasteiger partial charge in [0.1, 0.15) is 0 Å². The lowest BCUT2D eigenvalue weighted by atomic mass is 10.0. The van der Waals surface area contributed by atoms with E-state index in [2.05, 4.69) is 13.8 Å². The molecule has 0 aromatic heterocycles. The van der Waals surface area contributed by atoms with E-state index in [1.807, 2.05) is 0 Å². The van der Waals surface area contributed by atoms with Crippen molar-refractivity contribution >= 4 is 10.0 Å². The predicted molar refractivity (Wildman–Crippen MR) is 55.0 cm³/mol. The molecule has 0 fully saturated rings. The highest BCUT2D eigenvalue weighted by Crippen LogP contribution is 2.12. The van der Waals surface area contributed by atoms with Gasteiger partial charge in [-0.25, -0.2) is 8.99 Å². The van der Waals surface area contributed by atoms with Gasteiger partial charge in [-0.3, -0.25) is 0 Å². The zero-order valence-electron chi connectivity index (χ0n) is 8.49. The summed E-state index contributed by atoms with van der Waals surface area (Å²) in [4.78, 5) is 0. The number of rotatable bonds is 5. The van der Waals surface area contributed by atoms with Gasteiger partial charge in [0.25, 0.3) is 0 Å². The van der Waals surface area contributed by atoms with Crippen molar-refractivity contribution in [1.29, 1.82) is 4.78 Å².